The maximum atomic E-state index is 12.5. The van der Waals surface area contributed by atoms with Crippen LogP contribution in [0.3, 0.4) is 0 Å². The van der Waals surface area contributed by atoms with Crippen LogP contribution in [0.5, 0.6) is 0 Å². The van der Waals surface area contributed by atoms with Gasteiger partial charge in [-0.2, -0.15) is 28.3 Å². The first-order chi connectivity index (χ1) is 12.8. The van der Waals surface area contributed by atoms with Gasteiger partial charge in [-0.1, -0.05) is 0 Å². The first-order valence-electron chi connectivity index (χ1n) is 7.48. The molecule has 0 fully saturated rings. The van der Waals surface area contributed by atoms with Crippen molar-refractivity contribution in [1.82, 2.24) is 14.0 Å². The zero-order valence-electron chi connectivity index (χ0n) is 13.9. The molecule has 10 nitrogen and oxygen atoms in total. The van der Waals surface area contributed by atoms with Gasteiger partial charge >= 0.3 is 0 Å². The number of hydrogen-bond acceptors (Lipinski definition) is 7. The molecule has 3 rings (SSSR count). The summed E-state index contributed by atoms with van der Waals surface area (Å²) in [6.07, 6.45) is 4.42. The second kappa shape index (κ2) is 6.85. The van der Waals surface area contributed by atoms with Gasteiger partial charge in [0, 0.05) is 30.9 Å². The number of nitro groups is 1. The molecule has 0 amide bonds. The number of pyridine rings is 1. The zero-order valence-corrected chi connectivity index (χ0v) is 14.7. The van der Waals surface area contributed by atoms with Crippen LogP contribution in [0.2, 0.25) is 0 Å². The molecule has 1 aromatic carbocycles. The lowest BCUT2D eigenvalue weighted by Crippen LogP contribution is -2.21. The van der Waals surface area contributed by atoms with Crippen LogP contribution >= 0.6 is 0 Å². The van der Waals surface area contributed by atoms with E-state index in [9.17, 15) is 18.5 Å². The Labute approximate surface area is 153 Å². The SMILES string of the molecule is CN(/N=C\c1cnn2ccc(C#N)cc12)S(=O)(=O)c1ccc([N+](=O)[O-])cc1. The minimum Gasteiger partial charge on any atom is -0.258 e. The molecule has 0 aliphatic carbocycles. The molecule has 2 heterocycles. The van der Waals surface area contributed by atoms with Crippen molar-refractivity contribution in [3.05, 3.63) is 70.0 Å². The number of nitriles is 1. The van der Waals surface area contributed by atoms with E-state index in [1.54, 1.807) is 18.3 Å². The number of nitrogens with zero attached hydrogens (tertiary/aromatic N) is 6. The first-order valence-corrected chi connectivity index (χ1v) is 8.92. The van der Waals surface area contributed by atoms with Crippen molar-refractivity contribution < 1.29 is 13.3 Å². The molecule has 0 aliphatic heterocycles. The molecule has 0 bridgehead atoms. The van der Waals surface area contributed by atoms with Gasteiger partial charge in [0.05, 0.1) is 39.4 Å². The van der Waals surface area contributed by atoms with Gasteiger partial charge in [0.15, 0.2) is 0 Å². The summed E-state index contributed by atoms with van der Waals surface area (Å²) in [6, 6.07) is 9.75. The maximum absolute atomic E-state index is 12.5. The van der Waals surface area contributed by atoms with Gasteiger partial charge in [0.1, 0.15) is 0 Å². The van der Waals surface area contributed by atoms with Crippen LogP contribution in [0.15, 0.2) is 58.8 Å². The number of benzene rings is 1. The van der Waals surface area contributed by atoms with Gasteiger partial charge in [-0.25, -0.2) is 4.52 Å². The van der Waals surface area contributed by atoms with Crippen LogP contribution in [0.4, 0.5) is 5.69 Å². The minimum absolute atomic E-state index is 0.126. The Morgan fingerprint density at radius 3 is 2.67 bits per heavy atom. The van der Waals surface area contributed by atoms with E-state index in [1.807, 2.05) is 6.07 Å². The highest BCUT2D eigenvalue weighted by Crippen LogP contribution is 2.19. The predicted molar refractivity (Wildman–Crippen MR) is 95.5 cm³/mol. The van der Waals surface area contributed by atoms with Crippen molar-refractivity contribution >= 4 is 27.4 Å². The number of fused-ring (bicyclic) bond motifs is 1. The number of non-ortho nitro benzene ring substituents is 1. The van der Waals surface area contributed by atoms with Crippen LogP contribution in [0.25, 0.3) is 5.52 Å². The number of rotatable bonds is 5. The highest BCUT2D eigenvalue weighted by Gasteiger charge is 2.20. The van der Waals surface area contributed by atoms with E-state index >= 15 is 0 Å². The summed E-state index contributed by atoms with van der Waals surface area (Å²) in [5, 5.41) is 27.7. The Kier molecular flexibility index (Phi) is 4.57. The Balaban J connectivity index is 1.88. The highest BCUT2D eigenvalue weighted by molar-refractivity contribution is 7.89. The Morgan fingerprint density at radius 1 is 1.33 bits per heavy atom. The Bertz CT molecular complexity index is 1190. The minimum atomic E-state index is -3.97. The molecule has 0 unspecified atom stereocenters. The molecular weight excluding hydrogens is 372 g/mol. The fraction of sp³-hybridized carbons (Fsp3) is 0.0625. The van der Waals surface area contributed by atoms with E-state index in [4.69, 9.17) is 5.26 Å². The van der Waals surface area contributed by atoms with E-state index in [2.05, 4.69) is 10.2 Å². The average molecular weight is 384 g/mol. The molecule has 0 saturated carbocycles. The second-order valence-electron chi connectivity index (χ2n) is 5.39. The van der Waals surface area contributed by atoms with E-state index in [1.165, 1.54) is 24.0 Å². The smallest absolute Gasteiger partial charge is 0.258 e. The summed E-state index contributed by atoms with van der Waals surface area (Å²) >= 11 is 0. The van der Waals surface area contributed by atoms with Gasteiger partial charge in [-0.05, 0) is 24.3 Å². The summed E-state index contributed by atoms with van der Waals surface area (Å²) in [4.78, 5) is 9.94. The van der Waals surface area contributed by atoms with Gasteiger partial charge in [-0.15, -0.1) is 0 Å². The van der Waals surface area contributed by atoms with Gasteiger partial charge in [0.2, 0.25) is 0 Å². The topological polar surface area (TPSA) is 134 Å². The third-order valence-electron chi connectivity index (χ3n) is 3.73. The lowest BCUT2D eigenvalue weighted by molar-refractivity contribution is -0.384. The van der Waals surface area contributed by atoms with Crippen molar-refractivity contribution in [2.75, 3.05) is 7.05 Å². The fourth-order valence-electron chi connectivity index (χ4n) is 2.27. The van der Waals surface area contributed by atoms with Gasteiger partial charge in [-0.3, -0.25) is 10.1 Å². The summed E-state index contributed by atoms with van der Waals surface area (Å²) in [6.45, 7) is 0. The summed E-state index contributed by atoms with van der Waals surface area (Å²) in [5.41, 5.74) is 1.35. The zero-order chi connectivity index (χ0) is 19.6. The van der Waals surface area contributed by atoms with Crippen molar-refractivity contribution in [1.29, 1.82) is 5.26 Å². The van der Waals surface area contributed by atoms with Crippen LogP contribution in [0.1, 0.15) is 11.1 Å². The van der Waals surface area contributed by atoms with E-state index in [0.29, 0.717) is 16.6 Å². The molecule has 136 valence electrons. The molecule has 11 heteroatoms. The van der Waals surface area contributed by atoms with E-state index in [-0.39, 0.29) is 10.6 Å². The lowest BCUT2D eigenvalue weighted by atomic mass is 10.2. The molecule has 0 aliphatic rings. The number of aromatic nitrogens is 2. The number of sulfonamides is 1. The third-order valence-corrected chi connectivity index (χ3v) is 5.39. The number of nitro benzene ring substituents is 1. The van der Waals surface area contributed by atoms with E-state index in [0.717, 1.165) is 28.7 Å². The molecule has 0 radical (unpaired) electrons. The molecule has 0 atom stereocenters. The second-order valence-corrected chi connectivity index (χ2v) is 7.34. The Morgan fingerprint density at radius 2 is 2.04 bits per heavy atom. The van der Waals surface area contributed by atoms with Crippen LogP contribution in [-0.2, 0) is 10.0 Å². The lowest BCUT2D eigenvalue weighted by Gasteiger charge is -2.13. The predicted octanol–water partition coefficient (Wildman–Crippen LogP) is 1.77. The Hall–Kier alpha value is -3.78. The first kappa shape index (κ1) is 18.0. The standard InChI is InChI=1S/C16H12N6O4S/c1-20(27(25,26)15-4-2-14(3-5-15)22(23)24)18-10-13-11-19-21-7-6-12(9-17)8-16(13)21/h2-8,10-11H,1H3/b18-10-. The largest absolute Gasteiger partial charge is 0.278 e. The van der Waals surface area contributed by atoms with E-state index < -0.39 is 14.9 Å². The van der Waals surface area contributed by atoms with Crippen molar-refractivity contribution in [2.45, 2.75) is 4.90 Å². The average Bonchev–Trinajstić information content (AvgIpc) is 3.08. The fourth-order valence-corrected chi connectivity index (χ4v) is 3.22. The van der Waals surface area contributed by atoms with Crippen molar-refractivity contribution in [2.24, 2.45) is 5.10 Å². The number of hydrogen-bond donors (Lipinski definition) is 0. The van der Waals surface area contributed by atoms with Crippen LogP contribution in [-0.4, -0.2) is 40.6 Å². The van der Waals surface area contributed by atoms with Crippen LogP contribution in [0, 0.1) is 21.4 Å². The van der Waals surface area contributed by atoms with Gasteiger partial charge < -0.3 is 0 Å². The quantitative estimate of drug-likeness (QED) is 0.374. The maximum Gasteiger partial charge on any atom is 0.278 e. The molecule has 2 aromatic heterocycles. The molecule has 27 heavy (non-hydrogen) atoms. The summed E-state index contributed by atoms with van der Waals surface area (Å²) in [5.74, 6) is 0. The monoisotopic (exact) mass is 384 g/mol. The summed E-state index contributed by atoms with van der Waals surface area (Å²) in [7, 11) is -2.72. The molecular formula is C16H12N6O4S. The molecule has 0 N–H and O–H groups in total. The summed E-state index contributed by atoms with van der Waals surface area (Å²) < 4.78 is 27.3. The molecule has 3 aromatic rings. The molecule has 0 spiro atoms. The van der Waals surface area contributed by atoms with Crippen molar-refractivity contribution in [3.63, 3.8) is 0 Å². The number of hydrazone groups is 1. The highest BCUT2D eigenvalue weighted by atomic mass is 32.2. The normalized spacial score (nSPS) is 11.6. The van der Waals surface area contributed by atoms with Crippen molar-refractivity contribution in [3.8, 4) is 6.07 Å². The van der Waals surface area contributed by atoms with Crippen LogP contribution < -0.4 is 0 Å². The third kappa shape index (κ3) is 3.46. The molecule has 0 saturated heterocycles. The van der Waals surface area contributed by atoms with Gasteiger partial charge in [0.25, 0.3) is 15.7 Å².